The van der Waals surface area contributed by atoms with Gasteiger partial charge in [-0.25, -0.2) is 8.78 Å². The molecular weight excluding hydrogens is 186 g/mol. The van der Waals surface area contributed by atoms with Gasteiger partial charge in [0.25, 0.3) is 0 Å². The fourth-order valence-electron chi connectivity index (χ4n) is 1.23. The average molecular weight is 194 g/mol. The lowest BCUT2D eigenvalue weighted by Crippen LogP contribution is -1.83. The van der Waals surface area contributed by atoms with Gasteiger partial charge >= 0.3 is 0 Å². The maximum Gasteiger partial charge on any atom is 0.159 e. The smallest absolute Gasteiger partial charge is 0.159 e. The molecule has 0 spiro atoms. The number of hydrogen-bond donors (Lipinski definition) is 0. The van der Waals surface area contributed by atoms with Gasteiger partial charge in [-0.05, 0) is 36.8 Å². The molecule has 1 nitrogen and oxygen atoms in total. The average Bonchev–Trinajstić information content (AvgIpc) is 2.57. The second-order valence-electron chi connectivity index (χ2n) is 3.12. The highest BCUT2D eigenvalue weighted by atomic mass is 19.2. The van der Waals surface area contributed by atoms with Gasteiger partial charge < -0.3 is 4.42 Å². The summed E-state index contributed by atoms with van der Waals surface area (Å²) in [5.74, 6) is -1.17. The van der Waals surface area contributed by atoms with Gasteiger partial charge in [-0.3, -0.25) is 0 Å². The summed E-state index contributed by atoms with van der Waals surface area (Å²) in [5, 5.41) is 0. The van der Waals surface area contributed by atoms with Crippen LogP contribution in [-0.2, 0) is 0 Å². The van der Waals surface area contributed by atoms with Crippen LogP contribution in [-0.4, -0.2) is 0 Å². The van der Waals surface area contributed by atoms with Gasteiger partial charge in [0.15, 0.2) is 11.6 Å². The fraction of sp³-hybridized carbons (Fsp3) is 0.0909. The van der Waals surface area contributed by atoms with E-state index in [2.05, 4.69) is 0 Å². The van der Waals surface area contributed by atoms with Crippen molar-refractivity contribution in [3.8, 4) is 11.3 Å². The zero-order valence-electron chi connectivity index (χ0n) is 7.55. The van der Waals surface area contributed by atoms with E-state index in [1.165, 1.54) is 6.07 Å². The highest BCUT2D eigenvalue weighted by molar-refractivity contribution is 5.58. The molecule has 1 heterocycles. The zero-order valence-corrected chi connectivity index (χ0v) is 7.55. The number of halogens is 2. The first-order valence-electron chi connectivity index (χ1n) is 4.17. The highest BCUT2D eigenvalue weighted by Crippen LogP contribution is 2.23. The molecule has 0 saturated heterocycles. The van der Waals surface area contributed by atoms with Crippen molar-refractivity contribution in [3.63, 3.8) is 0 Å². The van der Waals surface area contributed by atoms with E-state index in [0.29, 0.717) is 11.3 Å². The van der Waals surface area contributed by atoms with Crippen molar-refractivity contribution in [1.29, 1.82) is 0 Å². The predicted molar refractivity (Wildman–Crippen MR) is 48.8 cm³/mol. The van der Waals surface area contributed by atoms with Gasteiger partial charge in [-0.15, -0.1) is 0 Å². The molecule has 14 heavy (non-hydrogen) atoms. The normalized spacial score (nSPS) is 10.5. The van der Waals surface area contributed by atoms with Crippen molar-refractivity contribution in [2.75, 3.05) is 0 Å². The minimum Gasteiger partial charge on any atom is -0.464 e. The molecule has 0 N–H and O–H groups in total. The molecule has 1 aromatic heterocycles. The number of hydrogen-bond acceptors (Lipinski definition) is 1. The SMILES string of the molecule is Cc1coc(-c2ccc(F)c(F)c2)c1. The molecule has 0 aliphatic heterocycles. The molecule has 1 aromatic carbocycles. The van der Waals surface area contributed by atoms with E-state index in [9.17, 15) is 8.78 Å². The van der Waals surface area contributed by atoms with Crippen LogP contribution >= 0.6 is 0 Å². The van der Waals surface area contributed by atoms with Crippen LogP contribution in [0.3, 0.4) is 0 Å². The molecule has 0 atom stereocenters. The van der Waals surface area contributed by atoms with Crippen LogP contribution in [0.4, 0.5) is 8.78 Å². The molecule has 0 bridgehead atoms. The standard InChI is InChI=1S/C11H8F2O/c1-7-4-11(14-6-7)8-2-3-9(12)10(13)5-8/h2-6H,1H3. The third kappa shape index (κ3) is 1.53. The largest absolute Gasteiger partial charge is 0.464 e. The first kappa shape index (κ1) is 8.94. The van der Waals surface area contributed by atoms with Gasteiger partial charge in [-0.2, -0.15) is 0 Å². The highest BCUT2D eigenvalue weighted by Gasteiger charge is 2.06. The Morgan fingerprint density at radius 2 is 1.86 bits per heavy atom. The topological polar surface area (TPSA) is 13.1 Å². The minimum absolute atomic E-state index is 0.539. The lowest BCUT2D eigenvalue weighted by atomic mass is 10.1. The first-order chi connectivity index (χ1) is 6.66. The molecule has 0 aliphatic carbocycles. The lowest BCUT2D eigenvalue weighted by Gasteiger charge is -1.97. The van der Waals surface area contributed by atoms with Crippen LogP contribution < -0.4 is 0 Å². The van der Waals surface area contributed by atoms with Gasteiger partial charge in [-0.1, -0.05) is 0 Å². The van der Waals surface area contributed by atoms with Crippen molar-refractivity contribution < 1.29 is 13.2 Å². The molecular formula is C11H8F2O. The van der Waals surface area contributed by atoms with Crippen molar-refractivity contribution in [1.82, 2.24) is 0 Å². The monoisotopic (exact) mass is 194 g/mol. The Bertz CT molecular complexity index is 460. The molecule has 72 valence electrons. The molecule has 0 unspecified atom stereocenters. The summed E-state index contributed by atoms with van der Waals surface area (Å²) in [5.41, 5.74) is 1.49. The van der Waals surface area contributed by atoms with Crippen molar-refractivity contribution in [2.45, 2.75) is 6.92 Å². The molecule has 2 aromatic rings. The number of benzene rings is 1. The van der Waals surface area contributed by atoms with Crippen molar-refractivity contribution in [3.05, 3.63) is 47.7 Å². The second kappa shape index (κ2) is 3.25. The summed E-state index contributed by atoms with van der Waals surface area (Å²) in [6.45, 7) is 1.87. The number of aryl methyl sites for hydroxylation is 1. The Balaban J connectivity index is 2.47. The Hall–Kier alpha value is -1.64. The fourth-order valence-corrected chi connectivity index (χ4v) is 1.23. The van der Waals surface area contributed by atoms with Crippen LogP contribution in [0.1, 0.15) is 5.56 Å². The van der Waals surface area contributed by atoms with Gasteiger partial charge in [0.05, 0.1) is 6.26 Å². The van der Waals surface area contributed by atoms with Crippen LogP contribution in [0.15, 0.2) is 34.9 Å². The van der Waals surface area contributed by atoms with E-state index >= 15 is 0 Å². The van der Waals surface area contributed by atoms with Gasteiger partial charge in [0.2, 0.25) is 0 Å². The summed E-state index contributed by atoms with van der Waals surface area (Å²) in [6, 6.07) is 5.46. The van der Waals surface area contributed by atoms with E-state index in [0.717, 1.165) is 17.7 Å². The third-order valence-corrected chi connectivity index (χ3v) is 1.93. The summed E-state index contributed by atoms with van der Waals surface area (Å²) >= 11 is 0. The maximum absolute atomic E-state index is 12.9. The Labute approximate surface area is 80.0 Å². The van der Waals surface area contributed by atoms with Gasteiger partial charge in [0, 0.05) is 5.56 Å². The Kier molecular flexibility index (Phi) is 2.08. The van der Waals surface area contributed by atoms with E-state index < -0.39 is 11.6 Å². The first-order valence-corrected chi connectivity index (χ1v) is 4.17. The van der Waals surface area contributed by atoms with E-state index in [-0.39, 0.29) is 0 Å². The summed E-state index contributed by atoms with van der Waals surface area (Å²) < 4.78 is 30.6. The molecule has 0 saturated carbocycles. The molecule has 3 heteroatoms. The van der Waals surface area contributed by atoms with E-state index in [1.54, 1.807) is 12.3 Å². The predicted octanol–water partition coefficient (Wildman–Crippen LogP) is 3.53. The Morgan fingerprint density at radius 3 is 2.43 bits per heavy atom. The van der Waals surface area contributed by atoms with Crippen LogP contribution in [0.25, 0.3) is 11.3 Å². The minimum atomic E-state index is -0.864. The quantitative estimate of drug-likeness (QED) is 0.676. The van der Waals surface area contributed by atoms with Crippen LogP contribution in [0.5, 0.6) is 0 Å². The van der Waals surface area contributed by atoms with Crippen molar-refractivity contribution >= 4 is 0 Å². The van der Waals surface area contributed by atoms with E-state index in [1.807, 2.05) is 6.92 Å². The Morgan fingerprint density at radius 1 is 1.07 bits per heavy atom. The summed E-state index contributed by atoms with van der Waals surface area (Å²) in [4.78, 5) is 0. The summed E-state index contributed by atoms with van der Waals surface area (Å²) in [7, 11) is 0. The summed E-state index contributed by atoms with van der Waals surface area (Å²) in [6.07, 6.45) is 1.57. The van der Waals surface area contributed by atoms with Gasteiger partial charge in [0.1, 0.15) is 5.76 Å². The van der Waals surface area contributed by atoms with Crippen LogP contribution in [0, 0.1) is 18.6 Å². The number of rotatable bonds is 1. The molecule has 0 fully saturated rings. The van der Waals surface area contributed by atoms with Crippen molar-refractivity contribution in [2.24, 2.45) is 0 Å². The molecule has 0 aliphatic rings. The van der Waals surface area contributed by atoms with Crippen LogP contribution in [0.2, 0.25) is 0 Å². The molecule has 0 radical (unpaired) electrons. The number of furan rings is 1. The molecule has 2 rings (SSSR count). The van der Waals surface area contributed by atoms with E-state index in [4.69, 9.17) is 4.42 Å². The zero-order chi connectivity index (χ0) is 10.1. The molecule has 0 amide bonds. The maximum atomic E-state index is 12.9. The lowest BCUT2D eigenvalue weighted by molar-refractivity contribution is 0.508. The second-order valence-corrected chi connectivity index (χ2v) is 3.12. The third-order valence-electron chi connectivity index (χ3n) is 1.93.